The lowest BCUT2D eigenvalue weighted by atomic mass is 10.0. The summed E-state index contributed by atoms with van der Waals surface area (Å²) in [4.78, 5) is 26.2. The van der Waals surface area contributed by atoms with Crippen LogP contribution in [0.4, 0.5) is 0 Å². The van der Waals surface area contributed by atoms with Crippen molar-refractivity contribution in [2.45, 2.75) is 38.3 Å². The van der Waals surface area contributed by atoms with Crippen molar-refractivity contribution in [1.82, 2.24) is 20.9 Å². The summed E-state index contributed by atoms with van der Waals surface area (Å²) in [5.74, 6) is -0.334. The highest BCUT2D eigenvalue weighted by Crippen LogP contribution is 2.11. The van der Waals surface area contributed by atoms with Gasteiger partial charge in [0.1, 0.15) is 6.04 Å². The van der Waals surface area contributed by atoms with Gasteiger partial charge in [0.25, 0.3) is 0 Å². The molecule has 0 spiro atoms. The van der Waals surface area contributed by atoms with E-state index in [2.05, 4.69) is 20.9 Å². The fraction of sp³-hybridized carbons (Fsp3) is 0.500. The van der Waals surface area contributed by atoms with Crippen LogP contribution < -0.4 is 16.0 Å². The van der Waals surface area contributed by atoms with Crippen molar-refractivity contribution in [1.29, 1.82) is 0 Å². The van der Waals surface area contributed by atoms with E-state index in [4.69, 9.17) is 12.2 Å². The van der Waals surface area contributed by atoms with E-state index in [0.29, 0.717) is 6.42 Å². The van der Waals surface area contributed by atoms with E-state index >= 15 is 0 Å². The maximum absolute atomic E-state index is 12.6. The molecule has 1 aromatic carbocycles. The Kier molecular flexibility index (Phi) is 7.18. The second-order valence-corrected chi connectivity index (χ2v) is 6.65. The summed E-state index contributed by atoms with van der Waals surface area (Å²) in [5.41, 5.74) is 1.02. The fourth-order valence-electron chi connectivity index (χ4n) is 2.99. The molecule has 1 aliphatic rings. The molecule has 0 bridgehead atoms. The molecule has 0 aliphatic carbocycles. The molecule has 1 aromatic rings. The average Bonchev–Trinajstić information content (AvgIpc) is 2.61. The molecule has 6 nitrogen and oxygen atoms in total. The van der Waals surface area contributed by atoms with Crippen LogP contribution >= 0.6 is 12.2 Å². The van der Waals surface area contributed by atoms with Crippen molar-refractivity contribution in [3.8, 4) is 0 Å². The molecule has 1 aliphatic heterocycles. The zero-order valence-electron chi connectivity index (χ0n) is 14.7. The van der Waals surface area contributed by atoms with Gasteiger partial charge in [-0.3, -0.25) is 9.59 Å². The molecule has 2 amide bonds. The third kappa shape index (κ3) is 6.01. The summed E-state index contributed by atoms with van der Waals surface area (Å²) >= 11 is 5.24. The van der Waals surface area contributed by atoms with E-state index in [1.54, 1.807) is 0 Å². The highest BCUT2D eigenvalue weighted by Gasteiger charge is 2.26. The van der Waals surface area contributed by atoms with E-state index in [9.17, 15) is 9.59 Å². The van der Waals surface area contributed by atoms with Crippen LogP contribution in [0.15, 0.2) is 30.3 Å². The molecule has 7 heteroatoms. The topological polar surface area (TPSA) is 73.5 Å². The highest BCUT2D eigenvalue weighted by atomic mass is 32.1. The van der Waals surface area contributed by atoms with Gasteiger partial charge in [0.05, 0.1) is 0 Å². The number of carbonyl (C=O) groups is 2. The van der Waals surface area contributed by atoms with Gasteiger partial charge < -0.3 is 20.9 Å². The van der Waals surface area contributed by atoms with Crippen molar-refractivity contribution in [3.63, 3.8) is 0 Å². The average molecular weight is 362 g/mol. The molecule has 1 heterocycles. The molecular formula is C18H26N4O2S. The number of nitrogens with one attached hydrogen (secondary N) is 3. The fourth-order valence-corrected chi connectivity index (χ4v) is 3.17. The summed E-state index contributed by atoms with van der Waals surface area (Å²) < 4.78 is 0. The van der Waals surface area contributed by atoms with Gasteiger partial charge >= 0.3 is 0 Å². The number of nitrogens with zero attached hydrogens (tertiary/aromatic N) is 1. The summed E-state index contributed by atoms with van der Waals surface area (Å²) in [6.45, 7) is 3.06. The lowest BCUT2D eigenvalue weighted by Crippen LogP contribution is -2.53. The summed E-state index contributed by atoms with van der Waals surface area (Å²) in [6.07, 6.45) is 2.16. The quantitative estimate of drug-likeness (QED) is 0.677. The molecule has 0 unspecified atom stereocenters. The number of rotatable bonds is 5. The maximum Gasteiger partial charge on any atom is 0.243 e. The van der Waals surface area contributed by atoms with E-state index in [-0.39, 0.29) is 17.9 Å². The number of carbonyl (C=O) groups excluding carboxylic acids is 2. The van der Waals surface area contributed by atoms with E-state index in [0.717, 1.165) is 36.6 Å². The Morgan fingerprint density at radius 2 is 1.88 bits per heavy atom. The molecule has 0 radical (unpaired) electrons. The molecule has 3 N–H and O–H groups in total. The molecule has 1 fully saturated rings. The number of hydrogen-bond donors (Lipinski definition) is 3. The van der Waals surface area contributed by atoms with Crippen molar-refractivity contribution in [2.24, 2.45) is 0 Å². The van der Waals surface area contributed by atoms with Crippen LogP contribution in [0.1, 0.15) is 25.3 Å². The van der Waals surface area contributed by atoms with Gasteiger partial charge in [-0.15, -0.1) is 0 Å². The zero-order valence-corrected chi connectivity index (χ0v) is 15.6. The molecular weight excluding hydrogens is 336 g/mol. The molecule has 0 saturated carbocycles. The Balaban J connectivity index is 1.91. The Morgan fingerprint density at radius 3 is 2.44 bits per heavy atom. The molecule has 2 rings (SSSR count). The largest absolute Gasteiger partial charge is 0.366 e. The number of amides is 2. The molecule has 1 saturated heterocycles. The highest BCUT2D eigenvalue weighted by molar-refractivity contribution is 7.80. The minimum Gasteiger partial charge on any atom is -0.366 e. The smallest absolute Gasteiger partial charge is 0.243 e. The first kappa shape index (κ1) is 19.2. The predicted octanol–water partition coefficient (Wildman–Crippen LogP) is 0.819. The van der Waals surface area contributed by atoms with Crippen LogP contribution in [0.25, 0.3) is 0 Å². The van der Waals surface area contributed by atoms with Crippen molar-refractivity contribution in [2.75, 3.05) is 20.1 Å². The minimum atomic E-state index is -0.559. The Bertz CT molecular complexity index is 600. The normalized spacial score (nSPS) is 16.0. The van der Waals surface area contributed by atoms with Crippen molar-refractivity contribution in [3.05, 3.63) is 35.9 Å². The van der Waals surface area contributed by atoms with Gasteiger partial charge in [-0.2, -0.15) is 0 Å². The summed E-state index contributed by atoms with van der Waals surface area (Å²) in [7, 11) is 1.82. The van der Waals surface area contributed by atoms with Gasteiger partial charge in [0, 0.05) is 39.5 Å². The van der Waals surface area contributed by atoms with Gasteiger partial charge in [0.2, 0.25) is 11.8 Å². The van der Waals surface area contributed by atoms with Gasteiger partial charge in [-0.05, 0) is 30.6 Å². The van der Waals surface area contributed by atoms with Gasteiger partial charge in [0.15, 0.2) is 5.11 Å². The summed E-state index contributed by atoms with van der Waals surface area (Å²) in [5, 5.41) is 9.56. The lowest BCUT2D eigenvalue weighted by molar-refractivity contribution is -0.128. The van der Waals surface area contributed by atoms with Gasteiger partial charge in [-0.25, -0.2) is 0 Å². The summed E-state index contributed by atoms with van der Waals surface area (Å²) in [6, 6.07) is 9.25. The maximum atomic E-state index is 12.6. The Labute approximate surface area is 154 Å². The van der Waals surface area contributed by atoms with E-state index < -0.39 is 6.04 Å². The predicted molar refractivity (Wildman–Crippen MR) is 102 cm³/mol. The molecule has 136 valence electrons. The Hall–Kier alpha value is -2.15. The standard InChI is InChI=1S/C18H26N4O2S/c1-13(23)20-16(12-14-6-4-3-5-7-14)17(24)21-15-8-10-22(11-9-15)18(25)19-2/h3-7,15-16H,8-12H2,1-2H3,(H,19,25)(H,20,23)(H,21,24)/t16-/m0/s1. The Morgan fingerprint density at radius 1 is 1.24 bits per heavy atom. The first-order valence-corrected chi connectivity index (χ1v) is 8.98. The number of benzene rings is 1. The first-order valence-electron chi connectivity index (χ1n) is 8.57. The number of piperidine rings is 1. The van der Waals surface area contributed by atoms with Crippen LogP contribution in [-0.2, 0) is 16.0 Å². The first-order chi connectivity index (χ1) is 12.0. The van der Waals surface area contributed by atoms with Crippen LogP contribution in [0, 0.1) is 0 Å². The molecule has 1 atom stereocenters. The second-order valence-electron chi connectivity index (χ2n) is 6.27. The van der Waals surface area contributed by atoms with E-state index in [1.165, 1.54) is 6.92 Å². The number of thiocarbonyl (C=S) groups is 1. The van der Waals surface area contributed by atoms with Crippen molar-refractivity contribution >= 4 is 29.1 Å². The van der Waals surface area contributed by atoms with E-state index in [1.807, 2.05) is 37.4 Å². The lowest BCUT2D eigenvalue weighted by Gasteiger charge is -2.34. The number of hydrogen-bond acceptors (Lipinski definition) is 3. The molecule has 0 aromatic heterocycles. The van der Waals surface area contributed by atoms with Crippen LogP contribution in [0.5, 0.6) is 0 Å². The van der Waals surface area contributed by atoms with Gasteiger partial charge in [-0.1, -0.05) is 30.3 Å². The number of likely N-dealkylation sites (tertiary alicyclic amines) is 1. The zero-order chi connectivity index (χ0) is 18.2. The third-order valence-electron chi connectivity index (χ3n) is 4.32. The SMILES string of the molecule is CNC(=S)N1CCC(NC(=O)[C@H](Cc2ccccc2)NC(C)=O)CC1. The van der Waals surface area contributed by atoms with Crippen LogP contribution in [0.2, 0.25) is 0 Å². The van der Waals surface area contributed by atoms with Crippen molar-refractivity contribution < 1.29 is 9.59 Å². The minimum absolute atomic E-state index is 0.107. The third-order valence-corrected chi connectivity index (χ3v) is 4.78. The van der Waals surface area contributed by atoms with Crippen LogP contribution in [-0.4, -0.2) is 54.0 Å². The molecule has 25 heavy (non-hydrogen) atoms. The second kappa shape index (κ2) is 9.36. The monoisotopic (exact) mass is 362 g/mol. The van der Waals surface area contributed by atoms with Crippen LogP contribution in [0.3, 0.4) is 0 Å².